The van der Waals surface area contributed by atoms with E-state index in [4.69, 9.17) is 10.2 Å². The number of carbonyl (C=O) groups is 1. The van der Waals surface area contributed by atoms with Gasteiger partial charge in [-0.1, -0.05) is 12.1 Å². The molecule has 9 heteroatoms. The topological polar surface area (TPSA) is 124 Å². The quantitative estimate of drug-likeness (QED) is 0.421. The van der Waals surface area contributed by atoms with Crippen molar-refractivity contribution in [2.45, 2.75) is 25.8 Å². The number of hydrogen-bond donors (Lipinski definition) is 3. The molecule has 4 N–H and O–H groups in total. The summed E-state index contributed by atoms with van der Waals surface area (Å²) in [4.78, 5) is 24.8. The molecule has 1 aliphatic carbocycles. The van der Waals surface area contributed by atoms with Crippen LogP contribution in [0.1, 0.15) is 29.0 Å². The lowest BCUT2D eigenvalue weighted by atomic mass is 10.0. The van der Waals surface area contributed by atoms with Gasteiger partial charge in [0.15, 0.2) is 5.76 Å². The van der Waals surface area contributed by atoms with Gasteiger partial charge in [0.2, 0.25) is 5.95 Å². The van der Waals surface area contributed by atoms with Crippen LogP contribution in [0, 0.1) is 6.92 Å². The predicted octanol–water partition coefficient (Wildman–Crippen LogP) is 3.65. The number of imidazole rings is 1. The zero-order chi connectivity index (χ0) is 21.4. The first-order valence-electron chi connectivity index (χ1n) is 9.96. The van der Waals surface area contributed by atoms with Gasteiger partial charge in [0.05, 0.1) is 6.26 Å². The van der Waals surface area contributed by atoms with Gasteiger partial charge in [0.1, 0.15) is 18.0 Å². The Hall–Kier alpha value is -4.14. The molecule has 0 bridgehead atoms. The molecular weight excluding hydrogens is 394 g/mol. The zero-order valence-electron chi connectivity index (χ0n) is 16.9. The highest BCUT2D eigenvalue weighted by Crippen LogP contribution is 2.31. The standard InChI is InChI=1S/C22H21N7O2/c1-13-2-3-14(16-6-9-31-20(16)21(23)30)10-17(13)28-22-24-7-8-29(22)19-11-18(25-12-26-19)27-15-4-5-15/h2-3,6-12,15H,4-5H2,1H3,(H2,23,30)(H,24,28)(H,25,26,27). The van der Waals surface area contributed by atoms with Crippen LogP contribution in [0.25, 0.3) is 16.9 Å². The highest BCUT2D eigenvalue weighted by molar-refractivity contribution is 5.97. The Bertz CT molecular complexity index is 1260. The molecule has 4 aromatic rings. The molecule has 0 radical (unpaired) electrons. The van der Waals surface area contributed by atoms with Gasteiger partial charge in [0, 0.05) is 35.8 Å². The van der Waals surface area contributed by atoms with Gasteiger partial charge < -0.3 is 20.8 Å². The van der Waals surface area contributed by atoms with Gasteiger partial charge in [-0.3, -0.25) is 9.36 Å². The minimum atomic E-state index is -0.606. The van der Waals surface area contributed by atoms with E-state index in [2.05, 4.69) is 25.6 Å². The molecule has 9 nitrogen and oxygen atoms in total. The largest absolute Gasteiger partial charge is 0.459 e. The van der Waals surface area contributed by atoms with Crippen molar-refractivity contribution in [3.8, 4) is 16.9 Å². The smallest absolute Gasteiger partial charge is 0.285 e. The van der Waals surface area contributed by atoms with E-state index in [1.54, 1.807) is 18.6 Å². The number of primary amides is 1. The summed E-state index contributed by atoms with van der Waals surface area (Å²) in [6.07, 6.45) is 8.88. The van der Waals surface area contributed by atoms with E-state index in [0.717, 1.165) is 22.6 Å². The van der Waals surface area contributed by atoms with Crippen molar-refractivity contribution < 1.29 is 9.21 Å². The third kappa shape index (κ3) is 3.85. The Kier molecular flexibility index (Phi) is 4.62. The molecule has 0 unspecified atom stereocenters. The Morgan fingerprint density at radius 1 is 1.19 bits per heavy atom. The number of carbonyl (C=O) groups excluding carboxylic acids is 1. The monoisotopic (exact) mass is 415 g/mol. The minimum Gasteiger partial charge on any atom is -0.459 e. The lowest BCUT2D eigenvalue weighted by molar-refractivity contribution is 0.0975. The summed E-state index contributed by atoms with van der Waals surface area (Å²) >= 11 is 0. The second-order valence-corrected chi connectivity index (χ2v) is 7.48. The van der Waals surface area contributed by atoms with Crippen molar-refractivity contribution in [1.82, 2.24) is 19.5 Å². The Morgan fingerprint density at radius 3 is 2.87 bits per heavy atom. The average molecular weight is 415 g/mol. The first-order chi connectivity index (χ1) is 15.1. The van der Waals surface area contributed by atoms with E-state index in [1.165, 1.54) is 19.1 Å². The highest BCUT2D eigenvalue weighted by Gasteiger charge is 2.21. The van der Waals surface area contributed by atoms with Crippen LogP contribution in [-0.4, -0.2) is 31.5 Å². The van der Waals surface area contributed by atoms with Gasteiger partial charge in [-0.15, -0.1) is 0 Å². The number of anilines is 3. The van der Waals surface area contributed by atoms with Gasteiger partial charge in [0.25, 0.3) is 5.91 Å². The minimum absolute atomic E-state index is 0.132. The molecule has 0 atom stereocenters. The normalized spacial score (nSPS) is 13.2. The van der Waals surface area contributed by atoms with E-state index in [9.17, 15) is 4.79 Å². The number of benzene rings is 1. The lowest BCUT2D eigenvalue weighted by Gasteiger charge is -2.13. The molecule has 1 aliphatic rings. The molecule has 0 spiro atoms. The van der Waals surface area contributed by atoms with Crippen LogP contribution in [0.3, 0.4) is 0 Å². The summed E-state index contributed by atoms with van der Waals surface area (Å²) in [5, 5.41) is 6.75. The van der Waals surface area contributed by atoms with Crippen molar-refractivity contribution in [1.29, 1.82) is 0 Å². The molecule has 5 rings (SSSR count). The summed E-state index contributed by atoms with van der Waals surface area (Å²) in [5.41, 5.74) is 8.74. The van der Waals surface area contributed by atoms with Crippen LogP contribution in [0.15, 0.2) is 59.7 Å². The van der Waals surface area contributed by atoms with Gasteiger partial charge in [-0.2, -0.15) is 0 Å². The molecule has 0 saturated heterocycles. The maximum Gasteiger partial charge on any atom is 0.285 e. The maximum absolute atomic E-state index is 11.6. The lowest BCUT2D eigenvalue weighted by Crippen LogP contribution is -2.10. The summed E-state index contributed by atoms with van der Waals surface area (Å²) < 4.78 is 7.10. The second-order valence-electron chi connectivity index (χ2n) is 7.48. The van der Waals surface area contributed by atoms with Gasteiger partial charge >= 0.3 is 0 Å². The van der Waals surface area contributed by atoms with Crippen LogP contribution in [-0.2, 0) is 0 Å². The number of nitrogens with one attached hydrogen (secondary N) is 2. The number of nitrogens with zero attached hydrogens (tertiary/aromatic N) is 4. The fraction of sp³-hybridized carbons (Fsp3) is 0.182. The SMILES string of the molecule is Cc1ccc(-c2ccoc2C(N)=O)cc1Nc1nccn1-c1cc(NC2CC2)ncn1. The number of aromatic nitrogens is 4. The van der Waals surface area contributed by atoms with E-state index in [1.807, 2.05) is 42.0 Å². The van der Waals surface area contributed by atoms with Gasteiger partial charge in [-0.25, -0.2) is 15.0 Å². The Morgan fingerprint density at radius 2 is 2.06 bits per heavy atom. The number of nitrogens with two attached hydrogens (primary N) is 1. The predicted molar refractivity (Wildman–Crippen MR) is 116 cm³/mol. The number of hydrogen-bond acceptors (Lipinski definition) is 7. The fourth-order valence-electron chi connectivity index (χ4n) is 3.35. The van der Waals surface area contributed by atoms with Crippen molar-refractivity contribution in [2.24, 2.45) is 5.73 Å². The summed E-state index contributed by atoms with van der Waals surface area (Å²) in [7, 11) is 0. The number of furan rings is 1. The average Bonchev–Trinajstić information content (AvgIpc) is 3.25. The van der Waals surface area contributed by atoms with Crippen molar-refractivity contribution in [3.63, 3.8) is 0 Å². The maximum atomic E-state index is 11.6. The first kappa shape index (κ1) is 18.9. The van der Waals surface area contributed by atoms with Crippen LogP contribution < -0.4 is 16.4 Å². The van der Waals surface area contributed by atoms with Crippen LogP contribution in [0.4, 0.5) is 17.5 Å². The Labute approximate surface area is 178 Å². The fourth-order valence-corrected chi connectivity index (χ4v) is 3.35. The highest BCUT2D eigenvalue weighted by atomic mass is 16.3. The molecule has 1 fully saturated rings. The van der Waals surface area contributed by atoms with E-state index in [-0.39, 0.29) is 5.76 Å². The molecule has 156 valence electrons. The molecular formula is C22H21N7O2. The number of rotatable bonds is 7. The van der Waals surface area contributed by atoms with E-state index in [0.29, 0.717) is 23.4 Å². The third-order valence-corrected chi connectivity index (χ3v) is 5.15. The molecule has 0 aliphatic heterocycles. The Balaban J connectivity index is 1.46. The number of amides is 1. The third-order valence-electron chi connectivity index (χ3n) is 5.15. The van der Waals surface area contributed by atoms with Crippen molar-refractivity contribution in [3.05, 3.63) is 66.6 Å². The molecule has 1 aromatic carbocycles. The molecule has 3 aromatic heterocycles. The first-order valence-corrected chi connectivity index (χ1v) is 9.96. The van der Waals surface area contributed by atoms with Crippen LogP contribution in [0.2, 0.25) is 0 Å². The summed E-state index contributed by atoms with van der Waals surface area (Å²) in [6.45, 7) is 1.99. The van der Waals surface area contributed by atoms with Crippen molar-refractivity contribution >= 4 is 23.4 Å². The summed E-state index contributed by atoms with van der Waals surface area (Å²) in [5.74, 6) is 1.64. The molecule has 1 saturated carbocycles. The van der Waals surface area contributed by atoms with Crippen LogP contribution >= 0.6 is 0 Å². The molecule has 31 heavy (non-hydrogen) atoms. The van der Waals surface area contributed by atoms with E-state index >= 15 is 0 Å². The van der Waals surface area contributed by atoms with Crippen LogP contribution in [0.5, 0.6) is 0 Å². The summed E-state index contributed by atoms with van der Waals surface area (Å²) in [6, 6.07) is 9.95. The number of aryl methyl sites for hydroxylation is 1. The molecule has 1 amide bonds. The van der Waals surface area contributed by atoms with Gasteiger partial charge in [-0.05, 0) is 43.0 Å². The van der Waals surface area contributed by atoms with Crippen molar-refractivity contribution in [2.75, 3.05) is 10.6 Å². The second kappa shape index (κ2) is 7.60. The zero-order valence-corrected chi connectivity index (χ0v) is 16.9. The molecule has 3 heterocycles. The van der Waals surface area contributed by atoms with E-state index < -0.39 is 5.91 Å².